The molecule has 0 saturated carbocycles. The quantitative estimate of drug-likeness (QED) is 0.942. The summed E-state index contributed by atoms with van der Waals surface area (Å²) in [6.45, 7) is 0.641. The molecule has 2 rings (SSSR count). The van der Waals surface area contributed by atoms with E-state index in [4.69, 9.17) is 11.6 Å². The van der Waals surface area contributed by atoms with Gasteiger partial charge in [-0.05, 0) is 34.1 Å². The van der Waals surface area contributed by atoms with Gasteiger partial charge in [0, 0.05) is 22.6 Å². The number of halogens is 2. The highest BCUT2D eigenvalue weighted by molar-refractivity contribution is 9.10. The number of nitrogens with one attached hydrogen (secondary N) is 1. The SMILES string of the molecule is Clc1ccc(NCc2cnccn2)cc1Br. The van der Waals surface area contributed by atoms with Gasteiger partial charge in [0.2, 0.25) is 0 Å². The summed E-state index contributed by atoms with van der Waals surface area (Å²) in [6.07, 6.45) is 5.06. The summed E-state index contributed by atoms with van der Waals surface area (Å²) in [5.74, 6) is 0. The topological polar surface area (TPSA) is 37.8 Å². The van der Waals surface area contributed by atoms with Gasteiger partial charge in [-0.3, -0.25) is 9.97 Å². The minimum absolute atomic E-state index is 0.641. The highest BCUT2D eigenvalue weighted by Gasteiger charge is 1.99. The molecule has 1 aromatic heterocycles. The van der Waals surface area contributed by atoms with Crippen LogP contribution in [0.4, 0.5) is 5.69 Å². The molecular formula is C11H9BrClN3. The molecule has 16 heavy (non-hydrogen) atoms. The van der Waals surface area contributed by atoms with E-state index in [0.29, 0.717) is 11.6 Å². The monoisotopic (exact) mass is 297 g/mol. The minimum Gasteiger partial charge on any atom is -0.379 e. The van der Waals surface area contributed by atoms with Crippen molar-refractivity contribution in [3.63, 3.8) is 0 Å². The zero-order valence-electron chi connectivity index (χ0n) is 8.32. The molecule has 0 aliphatic rings. The van der Waals surface area contributed by atoms with Gasteiger partial charge < -0.3 is 5.32 Å². The van der Waals surface area contributed by atoms with E-state index in [2.05, 4.69) is 31.2 Å². The van der Waals surface area contributed by atoms with Crippen LogP contribution in [0, 0.1) is 0 Å². The number of hydrogen-bond acceptors (Lipinski definition) is 3. The lowest BCUT2D eigenvalue weighted by atomic mass is 10.3. The first-order chi connectivity index (χ1) is 7.75. The fourth-order valence-electron chi connectivity index (χ4n) is 1.22. The fraction of sp³-hybridized carbons (Fsp3) is 0.0909. The largest absolute Gasteiger partial charge is 0.379 e. The standard InChI is InChI=1S/C11H9BrClN3/c12-10-5-8(1-2-11(10)13)16-7-9-6-14-3-4-15-9/h1-6,16H,7H2. The van der Waals surface area contributed by atoms with Crippen molar-refractivity contribution in [1.82, 2.24) is 9.97 Å². The summed E-state index contributed by atoms with van der Waals surface area (Å²) in [6, 6.07) is 5.69. The van der Waals surface area contributed by atoms with Gasteiger partial charge in [-0.15, -0.1) is 0 Å². The normalized spacial score (nSPS) is 10.1. The van der Waals surface area contributed by atoms with Crippen LogP contribution in [0.2, 0.25) is 5.02 Å². The van der Waals surface area contributed by atoms with Crippen molar-refractivity contribution in [2.24, 2.45) is 0 Å². The molecule has 0 bridgehead atoms. The molecule has 0 atom stereocenters. The predicted octanol–water partition coefficient (Wildman–Crippen LogP) is 3.50. The zero-order valence-corrected chi connectivity index (χ0v) is 10.7. The molecule has 1 aromatic carbocycles. The molecule has 0 aliphatic carbocycles. The molecule has 3 nitrogen and oxygen atoms in total. The molecular weight excluding hydrogens is 289 g/mol. The van der Waals surface area contributed by atoms with E-state index < -0.39 is 0 Å². The molecule has 5 heteroatoms. The Morgan fingerprint density at radius 2 is 2.19 bits per heavy atom. The van der Waals surface area contributed by atoms with Gasteiger partial charge in [-0.2, -0.15) is 0 Å². The van der Waals surface area contributed by atoms with E-state index in [0.717, 1.165) is 15.9 Å². The van der Waals surface area contributed by atoms with E-state index in [1.165, 1.54) is 0 Å². The lowest BCUT2D eigenvalue weighted by Gasteiger charge is -2.06. The first-order valence-corrected chi connectivity index (χ1v) is 5.86. The van der Waals surface area contributed by atoms with Gasteiger partial charge >= 0.3 is 0 Å². The molecule has 0 fully saturated rings. The Hall–Kier alpha value is -1.13. The maximum Gasteiger partial charge on any atom is 0.0777 e. The average Bonchev–Trinajstić information content (AvgIpc) is 2.32. The van der Waals surface area contributed by atoms with Crippen LogP contribution >= 0.6 is 27.5 Å². The van der Waals surface area contributed by atoms with Gasteiger partial charge in [-0.25, -0.2) is 0 Å². The van der Waals surface area contributed by atoms with Crippen LogP contribution in [0.3, 0.4) is 0 Å². The van der Waals surface area contributed by atoms with E-state index in [1.54, 1.807) is 18.6 Å². The summed E-state index contributed by atoms with van der Waals surface area (Å²) in [5, 5.41) is 3.94. The van der Waals surface area contributed by atoms with Crippen molar-refractivity contribution in [2.75, 3.05) is 5.32 Å². The number of anilines is 1. The Kier molecular flexibility index (Phi) is 3.74. The molecule has 0 radical (unpaired) electrons. The number of rotatable bonds is 3. The molecule has 2 aromatic rings. The van der Waals surface area contributed by atoms with Crippen LogP contribution in [-0.4, -0.2) is 9.97 Å². The average molecular weight is 299 g/mol. The third-order valence-corrected chi connectivity index (χ3v) is 3.22. The van der Waals surface area contributed by atoms with Gasteiger partial charge in [0.25, 0.3) is 0 Å². The van der Waals surface area contributed by atoms with Crippen molar-refractivity contribution < 1.29 is 0 Å². The van der Waals surface area contributed by atoms with Crippen molar-refractivity contribution in [1.29, 1.82) is 0 Å². The number of nitrogens with zero attached hydrogens (tertiary/aromatic N) is 2. The second kappa shape index (κ2) is 5.27. The van der Waals surface area contributed by atoms with Gasteiger partial charge in [-0.1, -0.05) is 11.6 Å². The van der Waals surface area contributed by atoms with Crippen LogP contribution in [0.5, 0.6) is 0 Å². The summed E-state index contributed by atoms with van der Waals surface area (Å²) in [7, 11) is 0. The highest BCUT2D eigenvalue weighted by Crippen LogP contribution is 2.25. The fourth-order valence-corrected chi connectivity index (χ4v) is 1.72. The van der Waals surface area contributed by atoms with Crippen molar-refractivity contribution in [2.45, 2.75) is 6.54 Å². The molecule has 1 N–H and O–H groups in total. The maximum atomic E-state index is 5.90. The molecule has 0 saturated heterocycles. The van der Waals surface area contributed by atoms with Gasteiger partial charge in [0.1, 0.15) is 0 Å². The summed E-state index contributed by atoms with van der Waals surface area (Å²) < 4.78 is 0.873. The van der Waals surface area contributed by atoms with Gasteiger partial charge in [0.05, 0.1) is 23.5 Å². The highest BCUT2D eigenvalue weighted by atomic mass is 79.9. The lowest BCUT2D eigenvalue weighted by molar-refractivity contribution is 1.01. The van der Waals surface area contributed by atoms with E-state index in [9.17, 15) is 0 Å². The Balaban J connectivity index is 2.03. The van der Waals surface area contributed by atoms with Crippen LogP contribution < -0.4 is 5.32 Å². The lowest BCUT2D eigenvalue weighted by Crippen LogP contribution is -2.01. The first kappa shape index (κ1) is 11.4. The summed E-state index contributed by atoms with van der Waals surface area (Å²) >= 11 is 9.27. The van der Waals surface area contributed by atoms with Crippen LogP contribution in [0.1, 0.15) is 5.69 Å². The second-order valence-corrected chi connectivity index (χ2v) is 4.44. The van der Waals surface area contributed by atoms with Crippen molar-refractivity contribution in [3.05, 3.63) is 52.0 Å². The molecule has 82 valence electrons. The van der Waals surface area contributed by atoms with Crippen molar-refractivity contribution >= 4 is 33.2 Å². The molecule has 0 aliphatic heterocycles. The van der Waals surface area contributed by atoms with E-state index >= 15 is 0 Å². The third-order valence-electron chi connectivity index (χ3n) is 2.01. The molecule has 0 unspecified atom stereocenters. The Morgan fingerprint density at radius 3 is 2.88 bits per heavy atom. The molecule has 1 heterocycles. The van der Waals surface area contributed by atoms with E-state index in [-0.39, 0.29) is 0 Å². The summed E-state index contributed by atoms with van der Waals surface area (Å²) in [5.41, 5.74) is 1.88. The Morgan fingerprint density at radius 1 is 1.31 bits per heavy atom. The maximum absolute atomic E-state index is 5.90. The Labute approximate surface area is 107 Å². The van der Waals surface area contributed by atoms with Crippen LogP contribution in [0.15, 0.2) is 41.3 Å². The predicted molar refractivity (Wildman–Crippen MR) is 68.5 cm³/mol. The number of hydrogen-bond donors (Lipinski definition) is 1. The zero-order chi connectivity index (χ0) is 11.4. The minimum atomic E-state index is 0.641. The first-order valence-electron chi connectivity index (χ1n) is 4.69. The van der Waals surface area contributed by atoms with Gasteiger partial charge in [0.15, 0.2) is 0 Å². The van der Waals surface area contributed by atoms with Crippen LogP contribution in [-0.2, 0) is 6.54 Å². The van der Waals surface area contributed by atoms with Crippen LogP contribution in [0.25, 0.3) is 0 Å². The summed E-state index contributed by atoms with van der Waals surface area (Å²) in [4.78, 5) is 8.17. The number of aromatic nitrogens is 2. The smallest absolute Gasteiger partial charge is 0.0777 e. The van der Waals surface area contributed by atoms with E-state index in [1.807, 2.05) is 18.2 Å². The molecule has 0 spiro atoms. The third kappa shape index (κ3) is 2.93. The van der Waals surface area contributed by atoms with Crippen molar-refractivity contribution in [3.8, 4) is 0 Å². The second-order valence-electron chi connectivity index (χ2n) is 3.18. The molecule has 0 amide bonds. The number of benzene rings is 1. The Bertz CT molecular complexity index is 476.